The lowest BCUT2D eigenvalue weighted by molar-refractivity contribution is 0.0278. The average Bonchev–Trinajstić information content (AvgIpc) is 3.30. The van der Waals surface area contributed by atoms with Gasteiger partial charge in [0.25, 0.3) is 0 Å². The molecule has 0 radical (unpaired) electrons. The van der Waals surface area contributed by atoms with Gasteiger partial charge in [0.2, 0.25) is 0 Å². The van der Waals surface area contributed by atoms with E-state index >= 15 is 0 Å². The van der Waals surface area contributed by atoms with E-state index in [1.165, 1.54) is 84.2 Å². The van der Waals surface area contributed by atoms with Crippen LogP contribution in [-0.4, -0.2) is 55.6 Å². The van der Waals surface area contributed by atoms with Crippen molar-refractivity contribution in [2.45, 2.75) is 58.8 Å². The van der Waals surface area contributed by atoms with Crippen molar-refractivity contribution in [1.82, 2.24) is 9.80 Å². The van der Waals surface area contributed by atoms with E-state index in [-0.39, 0.29) is 0 Å². The molecule has 0 amide bonds. The van der Waals surface area contributed by atoms with Crippen LogP contribution in [0.1, 0.15) is 58.8 Å². The van der Waals surface area contributed by atoms with Gasteiger partial charge >= 0.3 is 0 Å². The smallest absolute Gasteiger partial charge is 0.00501 e. The highest BCUT2D eigenvalue weighted by atomic mass is 15.2. The minimum atomic E-state index is 0.519. The van der Waals surface area contributed by atoms with Crippen molar-refractivity contribution in [3.8, 4) is 0 Å². The van der Waals surface area contributed by atoms with E-state index in [0.717, 1.165) is 12.5 Å². The highest BCUT2D eigenvalue weighted by Gasteiger charge is 2.44. The Morgan fingerprint density at radius 2 is 1.41 bits per heavy atom. The molecule has 2 saturated heterocycles. The summed E-state index contributed by atoms with van der Waals surface area (Å²) in [4.78, 5) is 5.43. The van der Waals surface area contributed by atoms with Crippen LogP contribution in [0.25, 0.3) is 0 Å². The van der Waals surface area contributed by atoms with E-state index in [0.29, 0.717) is 10.8 Å². The molecule has 1 saturated carbocycles. The highest BCUT2D eigenvalue weighted by molar-refractivity contribution is 4.98. The van der Waals surface area contributed by atoms with Crippen molar-refractivity contribution >= 4 is 0 Å². The summed E-state index contributed by atoms with van der Waals surface area (Å²) in [7, 11) is 0. The van der Waals surface area contributed by atoms with Crippen LogP contribution in [0.15, 0.2) is 0 Å². The van der Waals surface area contributed by atoms with Crippen LogP contribution in [0.4, 0.5) is 0 Å². The molecule has 3 nitrogen and oxygen atoms in total. The van der Waals surface area contributed by atoms with E-state index in [4.69, 9.17) is 5.73 Å². The Kier molecular flexibility index (Phi) is 5.16. The monoisotopic (exact) mass is 307 g/mol. The lowest BCUT2D eigenvalue weighted by Gasteiger charge is -2.47. The maximum atomic E-state index is 5.95. The SMILES string of the molecule is CC(C)CCN1CCC2(CC1)CCN(CC1(CN)CC1)CC2. The third-order valence-corrected chi connectivity index (χ3v) is 6.81. The maximum absolute atomic E-state index is 5.95. The molecule has 3 heteroatoms. The van der Waals surface area contributed by atoms with Gasteiger partial charge in [0, 0.05) is 6.54 Å². The molecule has 3 aliphatic rings. The molecule has 0 aromatic carbocycles. The first-order valence-electron chi connectivity index (χ1n) is 9.70. The maximum Gasteiger partial charge on any atom is 0.00501 e. The van der Waals surface area contributed by atoms with Gasteiger partial charge in [0.1, 0.15) is 0 Å². The first-order chi connectivity index (χ1) is 10.5. The van der Waals surface area contributed by atoms with Crippen molar-refractivity contribution in [3.63, 3.8) is 0 Å². The topological polar surface area (TPSA) is 32.5 Å². The van der Waals surface area contributed by atoms with Crippen LogP contribution in [-0.2, 0) is 0 Å². The molecule has 3 rings (SSSR count). The van der Waals surface area contributed by atoms with Crippen LogP contribution in [0.3, 0.4) is 0 Å². The summed E-state index contributed by atoms with van der Waals surface area (Å²) < 4.78 is 0. The summed E-state index contributed by atoms with van der Waals surface area (Å²) >= 11 is 0. The fourth-order valence-electron chi connectivity index (χ4n) is 4.46. The second-order valence-corrected chi connectivity index (χ2v) is 9.00. The van der Waals surface area contributed by atoms with Gasteiger partial charge in [-0.3, -0.25) is 0 Å². The minimum Gasteiger partial charge on any atom is -0.330 e. The molecule has 2 heterocycles. The molecule has 0 atom stereocenters. The fourth-order valence-corrected chi connectivity index (χ4v) is 4.46. The highest BCUT2D eigenvalue weighted by Crippen LogP contribution is 2.47. The van der Waals surface area contributed by atoms with Crippen LogP contribution < -0.4 is 5.73 Å². The van der Waals surface area contributed by atoms with Crippen molar-refractivity contribution in [2.24, 2.45) is 22.5 Å². The summed E-state index contributed by atoms with van der Waals surface area (Å²) in [6.07, 6.45) is 9.87. The zero-order chi connectivity index (χ0) is 15.6. The second kappa shape index (κ2) is 6.78. The van der Waals surface area contributed by atoms with E-state index in [1.807, 2.05) is 0 Å². The molecule has 2 aliphatic heterocycles. The van der Waals surface area contributed by atoms with Gasteiger partial charge in [-0.15, -0.1) is 0 Å². The number of piperidine rings is 2. The van der Waals surface area contributed by atoms with Gasteiger partial charge in [-0.1, -0.05) is 13.8 Å². The Balaban J connectivity index is 1.40. The van der Waals surface area contributed by atoms with Gasteiger partial charge in [-0.25, -0.2) is 0 Å². The quantitative estimate of drug-likeness (QED) is 0.819. The molecule has 1 spiro atoms. The van der Waals surface area contributed by atoms with E-state index < -0.39 is 0 Å². The fraction of sp³-hybridized carbons (Fsp3) is 1.00. The Labute approximate surface area is 137 Å². The van der Waals surface area contributed by atoms with E-state index in [2.05, 4.69) is 23.6 Å². The van der Waals surface area contributed by atoms with Crippen LogP contribution in [0.5, 0.6) is 0 Å². The Morgan fingerprint density at radius 3 is 1.86 bits per heavy atom. The van der Waals surface area contributed by atoms with Gasteiger partial charge < -0.3 is 15.5 Å². The predicted octanol–water partition coefficient (Wildman–Crippen LogP) is 2.95. The number of likely N-dealkylation sites (tertiary alicyclic amines) is 2. The molecule has 0 aromatic rings. The van der Waals surface area contributed by atoms with Gasteiger partial charge in [-0.05, 0) is 101 Å². The lowest BCUT2D eigenvalue weighted by Crippen LogP contribution is -2.48. The third-order valence-electron chi connectivity index (χ3n) is 6.81. The number of rotatable bonds is 6. The lowest BCUT2D eigenvalue weighted by atomic mass is 9.71. The Bertz CT molecular complexity index is 344. The van der Waals surface area contributed by atoms with E-state index in [9.17, 15) is 0 Å². The summed E-state index contributed by atoms with van der Waals surface area (Å²) in [5.74, 6) is 0.844. The molecule has 128 valence electrons. The molecular formula is C19H37N3. The van der Waals surface area contributed by atoms with Crippen LogP contribution in [0, 0.1) is 16.7 Å². The largest absolute Gasteiger partial charge is 0.330 e. The van der Waals surface area contributed by atoms with Gasteiger partial charge in [-0.2, -0.15) is 0 Å². The first kappa shape index (κ1) is 16.7. The molecule has 0 aromatic heterocycles. The molecule has 3 fully saturated rings. The number of nitrogens with zero attached hydrogens (tertiary/aromatic N) is 2. The summed E-state index contributed by atoms with van der Waals surface area (Å²) in [5, 5.41) is 0. The summed E-state index contributed by atoms with van der Waals surface area (Å²) in [6, 6.07) is 0. The Morgan fingerprint density at radius 1 is 0.864 bits per heavy atom. The molecule has 0 bridgehead atoms. The average molecular weight is 308 g/mol. The summed E-state index contributed by atoms with van der Waals surface area (Å²) in [6.45, 7) is 13.5. The standard InChI is InChI=1S/C19H37N3/c1-17(2)3-10-21-11-6-18(7-12-21)8-13-22(14-9-18)16-19(15-20)4-5-19/h17H,3-16,20H2,1-2H3. The summed E-state index contributed by atoms with van der Waals surface area (Å²) in [5.41, 5.74) is 7.16. The molecule has 22 heavy (non-hydrogen) atoms. The molecule has 1 aliphatic carbocycles. The second-order valence-electron chi connectivity index (χ2n) is 9.00. The molecule has 2 N–H and O–H groups in total. The third kappa shape index (κ3) is 4.04. The normalized spacial score (nSPS) is 28.4. The van der Waals surface area contributed by atoms with Crippen molar-refractivity contribution < 1.29 is 0 Å². The van der Waals surface area contributed by atoms with Crippen molar-refractivity contribution in [3.05, 3.63) is 0 Å². The van der Waals surface area contributed by atoms with Crippen LogP contribution in [0.2, 0.25) is 0 Å². The van der Waals surface area contributed by atoms with Gasteiger partial charge in [0.15, 0.2) is 0 Å². The molecular weight excluding hydrogens is 270 g/mol. The van der Waals surface area contributed by atoms with Gasteiger partial charge in [0.05, 0.1) is 0 Å². The number of hydrogen-bond donors (Lipinski definition) is 1. The zero-order valence-corrected chi connectivity index (χ0v) is 14.9. The predicted molar refractivity (Wildman–Crippen MR) is 94.0 cm³/mol. The minimum absolute atomic E-state index is 0.519. The van der Waals surface area contributed by atoms with Crippen molar-refractivity contribution in [1.29, 1.82) is 0 Å². The number of hydrogen-bond acceptors (Lipinski definition) is 3. The zero-order valence-electron chi connectivity index (χ0n) is 14.9. The molecule has 0 unspecified atom stereocenters. The van der Waals surface area contributed by atoms with E-state index in [1.54, 1.807) is 0 Å². The number of nitrogens with two attached hydrogens (primary N) is 1. The van der Waals surface area contributed by atoms with Crippen LogP contribution >= 0.6 is 0 Å². The van der Waals surface area contributed by atoms with Crippen molar-refractivity contribution in [2.75, 3.05) is 45.8 Å². The Hall–Kier alpha value is -0.120. The first-order valence-corrected chi connectivity index (χ1v) is 9.70.